The molecule has 8 heteroatoms. The smallest absolute Gasteiger partial charge is 0.336 e. The van der Waals surface area contributed by atoms with Crippen LogP contribution in [-0.4, -0.2) is 55.7 Å². The zero-order chi connectivity index (χ0) is 20.5. The molecule has 3 rings (SSSR count). The van der Waals surface area contributed by atoms with Crippen molar-refractivity contribution < 1.29 is 23.8 Å². The molecular weight excluding hydrogens is 364 g/mol. The molecule has 0 atom stereocenters. The maximum Gasteiger partial charge on any atom is 0.336 e. The van der Waals surface area contributed by atoms with Gasteiger partial charge in [-0.25, -0.2) is 4.79 Å². The van der Waals surface area contributed by atoms with Gasteiger partial charge in [0.1, 0.15) is 5.58 Å². The van der Waals surface area contributed by atoms with Crippen molar-refractivity contribution in [3.63, 3.8) is 0 Å². The number of nitrogens with one attached hydrogen (secondary N) is 1. The Labute approximate surface area is 163 Å². The molecule has 0 radical (unpaired) electrons. The monoisotopic (exact) mass is 390 g/mol. The minimum atomic E-state index is -0.378. The number of benzene rings is 1. The second kappa shape index (κ2) is 10.6. The highest BCUT2D eigenvalue weighted by Crippen LogP contribution is 2.23. The largest absolute Gasteiger partial charge is 0.483 e. The van der Waals surface area contributed by atoms with E-state index in [0.717, 1.165) is 50.0 Å². The van der Waals surface area contributed by atoms with E-state index in [0.29, 0.717) is 11.3 Å². The second-order valence-electron chi connectivity index (χ2n) is 6.66. The normalized spacial score (nSPS) is 14.9. The predicted octanol–water partition coefficient (Wildman–Crippen LogP) is 2.10. The Kier molecular flexibility index (Phi) is 8.16. The third kappa shape index (κ3) is 5.90. The van der Waals surface area contributed by atoms with Crippen LogP contribution < -0.4 is 10.9 Å². The Morgan fingerprint density at radius 2 is 2.04 bits per heavy atom. The summed E-state index contributed by atoms with van der Waals surface area (Å²) in [5.41, 5.74) is 1.65. The van der Waals surface area contributed by atoms with Crippen molar-refractivity contribution in [3.8, 4) is 0 Å². The SMILES string of the molecule is COCCN1CCC(C(=O)Nc2ccc3c(C)cc(=O)oc3c2)CC1.O=CO. The van der Waals surface area contributed by atoms with Gasteiger partial charge in [0, 0.05) is 42.8 Å². The molecule has 28 heavy (non-hydrogen) atoms. The van der Waals surface area contributed by atoms with Crippen molar-refractivity contribution >= 4 is 29.0 Å². The van der Waals surface area contributed by atoms with Gasteiger partial charge >= 0.3 is 5.63 Å². The van der Waals surface area contributed by atoms with Gasteiger partial charge in [-0.05, 0) is 50.6 Å². The number of nitrogens with zero attached hydrogens (tertiary/aromatic N) is 1. The number of aryl methyl sites for hydroxylation is 1. The van der Waals surface area contributed by atoms with E-state index in [1.54, 1.807) is 13.2 Å². The topological polar surface area (TPSA) is 109 Å². The van der Waals surface area contributed by atoms with Gasteiger partial charge < -0.3 is 24.5 Å². The lowest BCUT2D eigenvalue weighted by molar-refractivity contribution is -0.123. The number of fused-ring (bicyclic) bond motifs is 1. The second-order valence-corrected chi connectivity index (χ2v) is 6.66. The van der Waals surface area contributed by atoms with Gasteiger partial charge in [-0.1, -0.05) is 0 Å². The lowest BCUT2D eigenvalue weighted by Crippen LogP contribution is -2.39. The van der Waals surface area contributed by atoms with Crippen LogP contribution >= 0.6 is 0 Å². The van der Waals surface area contributed by atoms with Crippen LogP contribution in [0.5, 0.6) is 0 Å². The van der Waals surface area contributed by atoms with Gasteiger partial charge in [0.05, 0.1) is 6.61 Å². The molecular formula is C20H26N2O6. The number of carbonyl (C=O) groups excluding carboxylic acids is 1. The molecule has 1 aliphatic rings. The molecule has 2 aromatic rings. The summed E-state index contributed by atoms with van der Waals surface area (Å²) in [6.07, 6.45) is 1.69. The number of carbonyl (C=O) groups is 2. The summed E-state index contributed by atoms with van der Waals surface area (Å²) in [5.74, 6) is 0.0414. The first kappa shape index (κ1) is 21.6. The van der Waals surface area contributed by atoms with Crippen LogP contribution in [0.2, 0.25) is 0 Å². The van der Waals surface area contributed by atoms with Crippen molar-refractivity contribution in [2.75, 3.05) is 38.7 Å². The highest BCUT2D eigenvalue weighted by molar-refractivity contribution is 5.95. The molecule has 0 spiro atoms. The summed E-state index contributed by atoms with van der Waals surface area (Å²) in [7, 11) is 1.70. The number of rotatable bonds is 5. The van der Waals surface area contributed by atoms with Gasteiger partial charge in [0.2, 0.25) is 5.91 Å². The first-order chi connectivity index (χ1) is 13.5. The quantitative estimate of drug-likeness (QED) is 0.594. The number of likely N-dealkylation sites (tertiary alicyclic amines) is 1. The summed E-state index contributed by atoms with van der Waals surface area (Å²) in [5, 5.41) is 10.7. The Bertz CT molecular complexity index is 855. The van der Waals surface area contributed by atoms with Crippen LogP contribution in [0, 0.1) is 12.8 Å². The summed E-state index contributed by atoms with van der Waals surface area (Å²) in [4.78, 5) is 34.7. The molecule has 1 aliphatic heterocycles. The fourth-order valence-electron chi connectivity index (χ4n) is 3.29. The standard InChI is InChI=1S/C19H24N2O4.CH2O2/c1-13-11-18(22)25-17-12-15(3-4-16(13)17)20-19(23)14-5-7-21(8-6-14)9-10-24-2;2-1-3/h3-4,11-12,14H,5-10H2,1-2H3,(H,20,23);1H,(H,2,3). The van der Waals surface area contributed by atoms with E-state index in [1.165, 1.54) is 6.07 Å². The number of hydrogen-bond acceptors (Lipinski definition) is 6. The third-order valence-electron chi connectivity index (χ3n) is 4.79. The van der Waals surface area contributed by atoms with Crippen LogP contribution in [0.4, 0.5) is 5.69 Å². The summed E-state index contributed by atoms with van der Waals surface area (Å²) in [6.45, 7) is 5.07. The number of ether oxygens (including phenoxy) is 1. The van der Waals surface area contributed by atoms with E-state index in [4.69, 9.17) is 19.1 Å². The lowest BCUT2D eigenvalue weighted by Gasteiger charge is -2.30. The Balaban J connectivity index is 0.000000878. The molecule has 1 amide bonds. The predicted molar refractivity (Wildman–Crippen MR) is 106 cm³/mol. The van der Waals surface area contributed by atoms with Crippen LogP contribution in [0.1, 0.15) is 18.4 Å². The summed E-state index contributed by atoms with van der Waals surface area (Å²) >= 11 is 0. The van der Waals surface area contributed by atoms with E-state index >= 15 is 0 Å². The Hall–Kier alpha value is -2.71. The van der Waals surface area contributed by atoms with Crippen molar-refractivity contribution in [1.82, 2.24) is 4.90 Å². The third-order valence-corrected chi connectivity index (χ3v) is 4.79. The molecule has 152 valence electrons. The number of methoxy groups -OCH3 is 1. The van der Waals surface area contributed by atoms with Gasteiger partial charge in [0.25, 0.3) is 6.47 Å². The van der Waals surface area contributed by atoms with Crippen LogP contribution in [0.3, 0.4) is 0 Å². The average molecular weight is 390 g/mol. The van der Waals surface area contributed by atoms with Crippen LogP contribution in [-0.2, 0) is 14.3 Å². The summed E-state index contributed by atoms with van der Waals surface area (Å²) < 4.78 is 10.3. The Morgan fingerprint density at radius 3 is 2.68 bits per heavy atom. The van der Waals surface area contributed by atoms with E-state index < -0.39 is 0 Å². The summed E-state index contributed by atoms with van der Waals surface area (Å²) in [6, 6.07) is 6.91. The molecule has 0 aliphatic carbocycles. The minimum absolute atomic E-state index is 0.0130. The fourth-order valence-corrected chi connectivity index (χ4v) is 3.29. The molecule has 1 saturated heterocycles. The fraction of sp³-hybridized carbons (Fsp3) is 0.450. The number of anilines is 1. The Morgan fingerprint density at radius 1 is 1.36 bits per heavy atom. The van der Waals surface area contributed by atoms with E-state index in [2.05, 4.69) is 10.2 Å². The highest BCUT2D eigenvalue weighted by atomic mass is 16.5. The molecule has 0 saturated carbocycles. The molecule has 0 unspecified atom stereocenters. The zero-order valence-electron chi connectivity index (χ0n) is 16.1. The number of carboxylic acid groups (broad SMARTS) is 1. The van der Waals surface area contributed by atoms with E-state index in [9.17, 15) is 9.59 Å². The van der Waals surface area contributed by atoms with Crippen molar-refractivity contribution in [3.05, 3.63) is 40.2 Å². The first-order valence-electron chi connectivity index (χ1n) is 9.13. The van der Waals surface area contributed by atoms with Crippen molar-refractivity contribution in [2.24, 2.45) is 5.92 Å². The van der Waals surface area contributed by atoms with Crippen molar-refractivity contribution in [2.45, 2.75) is 19.8 Å². The highest BCUT2D eigenvalue weighted by Gasteiger charge is 2.24. The maximum atomic E-state index is 12.5. The molecule has 0 bridgehead atoms. The minimum Gasteiger partial charge on any atom is -0.483 e. The van der Waals surface area contributed by atoms with E-state index in [-0.39, 0.29) is 23.9 Å². The van der Waals surface area contributed by atoms with Crippen LogP contribution in [0.25, 0.3) is 11.0 Å². The number of piperidine rings is 1. The van der Waals surface area contributed by atoms with E-state index in [1.807, 2.05) is 19.1 Å². The molecule has 1 fully saturated rings. The molecule has 8 nitrogen and oxygen atoms in total. The molecule has 1 aromatic heterocycles. The van der Waals surface area contributed by atoms with Crippen LogP contribution in [0.15, 0.2) is 33.5 Å². The lowest BCUT2D eigenvalue weighted by atomic mass is 9.96. The van der Waals surface area contributed by atoms with Gasteiger partial charge in [-0.2, -0.15) is 0 Å². The number of amides is 1. The van der Waals surface area contributed by atoms with Crippen molar-refractivity contribution in [1.29, 1.82) is 0 Å². The number of hydrogen-bond donors (Lipinski definition) is 2. The molecule has 1 aromatic carbocycles. The average Bonchev–Trinajstić information content (AvgIpc) is 2.67. The molecule has 2 heterocycles. The first-order valence-corrected chi connectivity index (χ1v) is 9.13. The van der Waals surface area contributed by atoms with Gasteiger partial charge in [-0.15, -0.1) is 0 Å². The van der Waals surface area contributed by atoms with Gasteiger partial charge in [0.15, 0.2) is 0 Å². The van der Waals surface area contributed by atoms with Gasteiger partial charge in [-0.3, -0.25) is 9.59 Å². The molecule has 2 N–H and O–H groups in total. The zero-order valence-corrected chi connectivity index (χ0v) is 16.1. The maximum absolute atomic E-state index is 12.5.